The van der Waals surface area contributed by atoms with Gasteiger partial charge in [-0.1, -0.05) is 13.8 Å². The zero-order chi connectivity index (χ0) is 15.7. The summed E-state index contributed by atoms with van der Waals surface area (Å²) in [5, 5.41) is 11.3. The molecule has 0 atom stereocenters. The van der Waals surface area contributed by atoms with Crippen molar-refractivity contribution < 1.29 is 19.4 Å². The van der Waals surface area contributed by atoms with Crippen LogP contribution in [0.3, 0.4) is 0 Å². The number of hydrogen-bond donors (Lipinski definition) is 2. The first kappa shape index (κ1) is 16.8. The highest BCUT2D eigenvalue weighted by Crippen LogP contribution is 2.05. The van der Waals surface area contributed by atoms with E-state index in [1.807, 2.05) is 0 Å². The Labute approximate surface area is 123 Å². The minimum Gasteiger partial charge on any atom is -0.478 e. The lowest BCUT2D eigenvalue weighted by Crippen LogP contribution is -2.27. The first-order chi connectivity index (χ1) is 9.99. The van der Waals surface area contributed by atoms with Crippen LogP contribution < -0.4 is 5.32 Å². The van der Waals surface area contributed by atoms with Crippen LogP contribution in [0, 0.1) is 5.92 Å². The lowest BCUT2D eigenvalue weighted by Gasteiger charge is -2.08. The van der Waals surface area contributed by atoms with Gasteiger partial charge in [0.15, 0.2) is 0 Å². The number of carbonyl (C=O) groups excluding carboxylic acids is 1. The topological polar surface area (TPSA) is 88.5 Å². The second-order valence-electron chi connectivity index (χ2n) is 4.90. The lowest BCUT2D eigenvalue weighted by atomic mass is 10.2. The van der Waals surface area contributed by atoms with Crippen LogP contribution >= 0.6 is 0 Å². The van der Waals surface area contributed by atoms with E-state index in [9.17, 15) is 9.59 Å². The monoisotopic (exact) mass is 292 g/mol. The van der Waals surface area contributed by atoms with Crippen LogP contribution in [0.25, 0.3) is 6.08 Å². The van der Waals surface area contributed by atoms with Crippen LogP contribution in [0.5, 0.6) is 0 Å². The predicted octanol–water partition coefficient (Wildman–Crippen LogP) is 1.58. The Bertz CT molecular complexity index is 512. The van der Waals surface area contributed by atoms with Gasteiger partial charge in [-0.2, -0.15) is 0 Å². The summed E-state index contributed by atoms with van der Waals surface area (Å²) in [7, 11) is 0. The van der Waals surface area contributed by atoms with Crippen molar-refractivity contribution in [1.29, 1.82) is 0 Å². The minimum absolute atomic E-state index is 0.263. The molecule has 6 nitrogen and oxygen atoms in total. The Hall–Kier alpha value is -2.21. The molecule has 0 spiro atoms. The van der Waals surface area contributed by atoms with Gasteiger partial charge in [-0.3, -0.25) is 9.78 Å². The van der Waals surface area contributed by atoms with Gasteiger partial charge >= 0.3 is 5.97 Å². The molecule has 1 aromatic rings. The van der Waals surface area contributed by atoms with E-state index in [0.29, 0.717) is 36.8 Å². The number of nitrogens with zero attached hydrogens (tertiary/aromatic N) is 1. The summed E-state index contributed by atoms with van der Waals surface area (Å²) in [5.74, 6) is -0.851. The van der Waals surface area contributed by atoms with Crippen LogP contribution in [-0.2, 0) is 9.53 Å². The molecule has 0 fully saturated rings. The summed E-state index contributed by atoms with van der Waals surface area (Å²) in [6.07, 6.45) is 5.31. The number of aromatic nitrogens is 1. The van der Waals surface area contributed by atoms with E-state index in [2.05, 4.69) is 24.1 Å². The molecule has 6 heteroatoms. The van der Waals surface area contributed by atoms with Crippen molar-refractivity contribution in [3.63, 3.8) is 0 Å². The number of carboxylic acids is 1. The molecule has 1 aromatic heterocycles. The largest absolute Gasteiger partial charge is 0.478 e. The molecular formula is C15H20N2O4. The average molecular weight is 292 g/mol. The number of rotatable bonds is 8. The third-order valence-corrected chi connectivity index (χ3v) is 2.42. The maximum atomic E-state index is 11.9. The highest BCUT2D eigenvalue weighted by atomic mass is 16.5. The number of pyridine rings is 1. The molecule has 0 radical (unpaired) electrons. The first-order valence-electron chi connectivity index (χ1n) is 6.71. The SMILES string of the molecule is CC(C)COCCNC(=O)c1cncc(/C=C/C(=O)O)c1. The molecule has 21 heavy (non-hydrogen) atoms. The fourth-order valence-electron chi connectivity index (χ4n) is 1.50. The molecule has 0 unspecified atom stereocenters. The van der Waals surface area contributed by atoms with Gasteiger partial charge in [-0.05, 0) is 23.6 Å². The molecule has 0 aromatic carbocycles. The highest BCUT2D eigenvalue weighted by molar-refractivity contribution is 5.94. The molecule has 114 valence electrons. The van der Waals surface area contributed by atoms with E-state index in [-0.39, 0.29) is 5.91 Å². The molecule has 1 heterocycles. The number of hydrogen-bond acceptors (Lipinski definition) is 4. The molecule has 1 rings (SSSR count). The third kappa shape index (κ3) is 7.22. The van der Waals surface area contributed by atoms with Crippen LogP contribution in [0.1, 0.15) is 29.8 Å². The quantitative estimate of drug-likeness (QED) is 0.561. The number of carbonyl (C=O) groups is 2. The predicted molar refractivity (Wildman–Crippen MR) is 78.9 cm³/mol. The van der Waals surface area contributed by atoms with Crippen molar-refractivity contribution in [3.8, 4) is 0 Å². The average Bonchev–Trinajstić information content (AvgIpc) is 2.44. The molecule has 0 aliphatic carbocycles. The van der Waals surface area contributed by atoms with Gasteiger partial charge in [0, 0.05) is 31.6 Å². The summed E-state index contributed by atoms with van der Waals surface area (Å²) in [5.41, 5.74) is 0.938. The van der Waals surface area contributed by atoms with Crippen LogP contribution in [-0.4, -0.2) is 41.7 Å². The number of nitrogens with one attached hydrogen (secondary N) is 1. The van der Waals surface area contributed by atoms with Gasteiger partial charge in [-0.25, -0.2) is 4.79 Å². The fraction of sp³-hybridized carbons (Fsp3) is 0.400. The summed E-state index contributed by atoms with van der Waals surface area (Å²) >= 11 is 0. The lowest BCUT2D eigenvalue weighted by molar-refractivity contribution is -0.131. The smallest absolute Gasteiger partial charge is 0.328 e. The first-order valence-corrected chi connectivity index (χ1v) is 6.71. The third-order valence-electron chi connectivity index (χ3n) is 2.42. The van der Waals surface area contributed by atoms with Crippen molar-refractivity contribution in [2.45, 2.75) is 13.8 Å². The molecule has 0 aliphatic rings. The van der Waals surface area contributed by atoms with Crippen molar-refractivity contribution in [1.82, 2.24) is 10.3 Å². The standard InChI is InChI=1S/C15H20N2O4/c1-11(2)10-21-6-5-17-15(20)13-7-12(8-16-9-13)3-4-14(18)19/h3-4,7-9,11H,5-6,10H2,1-2H3,(H,17,20)(H,18,19)/b4-3+. The Balaban J connectivity index is 2.47. The summed E-state index contributed by atoms with van der Waals surface area (Å²) in [6, 6.07) is 1.58. The van der Waals surface area contributed by atoms with E-state index in [0.717, 1.165) is 6.08 Å². The van der Waals surface area contributed by atoms with E-state index in [1.165, 1.54) is 18.5 Å². The van der Waals surface area contributed by atoms with Gasteiger partial charge in [0.05, 0.1) is 12.2 Å². The molecular weight excluding hydrogens is 272 g/mol. The van der Waals surface area contributed by atoms with Crippen molar-refractivity contribution >= 4 is 18.0 Å². The van der Waals surface area contributed by atoms with Gasteiger partial charge in [0.25, 0.3) is 5.91 Å². The number of carboxylic acid groups (broad SMARTS) is 1. The molecule has 0 saturated carbocycles. The van der Waals surface area contributed by atoms with Gasteiger partial charge < -0.3 is 15.2 Å². The van der Waals surface area contributed by atoms with Crippen LogP contribution in [0.2, 0.25) is 0 Å². The Morgan fingerprint density at radius 3 is 2.86 bits per heavy atom. The van der Waals surface area contributed by atoms with E-state index in [1.54, 1.807) is 6.07 Å². The highest BCUT2D eigenvalue weighted by Gasteiger charge is 2.05. The summed E-state index contributed by atoms with van der Waals surface area (Å²) < 4.78 is 5.36. The summed E-state index contributed by atoms with van der Waals surface area (Å²) in [4.78, 5) is 26.2. The summed E-state index contributed by atoms with van der Waals surface area (Å²) in [6.45, 7) is 5.64. The fourth-order valence-corrected chi connectivity index (χ4v) is 1.50. The molecule has 1 amide bonds. The second-order valence-corrected chi connectivity index (χ2v) is 4.90. The van der Waals surface area contributed by atoms with E-state index < -0.39 is 5.97 Å². The Morgan fingerprint density at radius 1 is 1.43 bits per heavy atom. The zero-order valence-electron chi connectivity index (χ0n) is 12.2. The second kappa shape index (κ2) is 8.86. The zero-order valence-corrected chi connectivity index (χ0v) is 12.2. The maximum Gasteiger partial charge on any atom is 0.328 e. The van der Waals surface area contributed by atoms with Crippen molar-refractivity contribution in [2.75, 3.05) is 19.8 Å². The minimum atomic E-state index is -1.05. The number of ether oxygens (including phenoxy) is 1. The normalized spacial score (nSPS) is 11.0. The van der Waals surface area contributed by atoms with E-state index in [4.69, 9.17) is 9.84 Å². The molecule has 0 saturated heterocycles. The number of aliphatic carboxylic acids is 1. The Kier molecular flexibility index (Phi) is 7.11. The van der Waals surface area contributed by atoms with Crippen LogP contribution in [0.15, 0.2) is 24.5 Å². The molecule has 0 aliphatic heterocycles. The number of amides is 1. The van der Waals surface area contributed by atoms with Gasteiger partial charge in [0.1, 0.15) is 0 Å². The van der Waals surface area contributed by atoms with E-state index >= 15 is 0 Å². The van der Waals surface area contributed by atoms with Gasteiger partial charge in [-0.15, -0.1) is 0 Å². The molecule has 0 bridgehead atoms. The van der Waals surface area contributed by atoms with Gasteiger partial charge in [0.2, 0.25) is 0 Å². The van der Waals surface area contributed by atoms with Crippen molar-refractivity contribution in [3.05, 3.63) is 35.7 Å². The maximum absolute atomic E-state index is 11.9. The Morgan fingerprint density at radius 2 is 2.19 bits per heavy atom. The molecule has 2 N–H and O–H groups in total. The van der Waals surface area contributed by atoms with Crippen molar-refractivity contribution in [2.24, 2.45) is 5.92 Å². The van der Waals surface area contributed by atoms with Crippen LogP contribution in [0.4, 0.5) is 0 Å².